The largest absolute Gasteiger partial charge is 0.389 e. The SMILES string of the molecule is CCCC(C)(O)CNC1CCC(C(C)(C)CC)CC1. The Bertz CT molecular complexity index is 252. The standard InChI is InChI=1S/C17H35NO/c1-6-12-17(5,19)13-18-15-10-8-14(9-11-15)16(3,4)7-2/h14-15,18-19H,6-13H2,1-5H3. The van der Waals surface area contributed by atoms with E-state index in [0.717, 1.165) is 25.3 Å². The summed E-state index contributed by atoms with van der Waals surface area (Å²) in [4.78, 5) is 0. The minimum Gasteiger partial charge on any atom is -0.389 e. The lowest BCUT2D eigenvalue weighted by atomic mass is 9.69. The summed E-state index contributed by atoms with van der Waals surface area (Å²) >= 11 is 0. The van der Waals surface area contributed by atoms with E-state index in [1.165, 1.54) is 32.1 Å². The van der Waals surface area contributed by atoms with Crippen molar-refractivity contribution in [2.24, 2.45) is 11.3 Å². The molecule has 0 heterocycles. The Kier molecular flexibility index (Phi) is 6.32. The number of hydrogen-bond donors (Lipinski definition) is 2. The first-order chi connectivity index (χ1) is 8.80. The molecule has 0 aromatic rings. The zero-order valence-corrected chi connectivity index (χ0v) is 13.8. The van der Waals surface area contributed by atoms with Gasteiger partial charge in [0, 0.05) is 12.6 Å². The summed E-state index contributed by atoms with van der Waals surface area (Å²) in [5.41, 5.74) is -0.0348. The van der Waals surface area contributed by atoms with E-state index in [1.54, 1.807) is 0 Å². The maximum atomic E-state index is 10.2. The highest BCUT2D eigenvalue weighted by Gasteiger charge is 2.32. The Balaban J connectivity index is 2.31. The predicted molar refractivity (Wildman–Crippen MR) is 83.4 cm³/mol. The molecule has 19 heavy (non-hydrogen) atoms. The van der Waals surface area contributed by atoms with Gasteiger partial charge >= 0.3 is 0 Å². The van der Waals surface area contributed by atoms with Crippen LogP contribution in [0.15, 0.2) is 0 Å². The molecule has 0 aromatic heterocycles. The highest BCUT2D eigenvalue weighted by molar-refractivity contribution is 4.86. The second-order valence-electron chi connectivity index (χ2n) is 7.52. The Morgan fingerprint density at radius 3 is 2.11 bits per heavy atom. The highest BCUT2D eigenvalue weighted by atomic mass is 16.3. The summed E-state index contributed by atoms with van der Waals surface area (Å²) < 4.78 is 0. The smallest absolute Gasteiger partial charge is 0.0743 e. The van der Waals surface area contributed by atoms with Crippen LogP contribution in [0.3, 0.4) is 0 Å². The zero-order chi connectivity index (χ0) is 14.5. The second kappa shape index (κ2) is 7.08. The molecule has 1 atom stereocenters. The molecule has 114 valence electrons. The van der Waals surface area contributed by atoms with Gasteiger partial charge < -0.3 is 10.4 Å². The molecule has 0 aromatic carbocycles. The van der Waals surface area contributed by atoms with Gasteiger partial charge in [0.05, 0.1) is 5.60 Å². The molecule has 1 unspecified atom stereocenters. The van der Waals surface area contributed by atoms with Crippen LogP contribution in [-0.2, 0) is 0 Å². The molecule has 0 radical (unpaired) electrons. The normalized spacial score (nSPS) is 28.1. The van der Waals surface area contributed by atoms with Gasteiger partial charge in [0.15, 0.2) is 0 Å². The predicted octanol–water partition coefficient (Wildman–Crippen LogP) is 4.12. The third-order valence-corrected chi connectivity index (χ3v) is 5.30. The van der Waals surface area contributed by atoms with Crippen LogP contribution in [0.5, 0.6) is 0 Å². The molecular weight excluding hydrogens is 234 g/mol. The van der Waals surface area contributed by atoms with E-state index < -0.39 is 5.60 Å². The molecule has 0 spiro atoms. The Morgan fingerprint density at radius 2 is 1.63 bits per heavy atom. The van der Waals surface area contributed by atoms with Gasteiger partial charge in [0.2, 0.25) is 0 Å². The third kappa shape index (κ3) is 5.43. The maximum absolute atomic E-state index is 10.2. The Labute approximate surface area is 120 Å². The van der Waals surface area contributed by atoms with Crippen molar-refractivity contribution in [3.05, 3.63) is 0 Å². The van der Waals surface area contributed by atoms with Gasteiger partial charge in [-0.2, -0.15) is 0 Å². The van der Waals surface area contributed by atoms with Crippen molar-refractivity contribution in [2.75, 3.05) is 6.54 Å². The molecule has 2 N–H and O–H groups in total. The fourth-order valence-corrected chi connectivity index (χ4v) is 3.36. The van der Waals surface area contributed by atoms with Crippen LogP contribution < -0.4 is 5.32 Å². The number of aliphatic hydroxyl groups is 1. The molecule has 0 aliphatic heterocycles. The molecule has 2 nitrogen and oxygen atoms in total. The van der Waals surface area contributed by atoms with Crippen LogP contribution in [0.4, 0.5) is 0 Å². The van der Waals surface area contributed by atoms with Gasteiger partial charge in [-0.1, -0.05) is 40.5 Å². The van der Waals surface area contributed by atoms with E-state index >= 15 is 0 Å². The van der Waals surface area contributed by atoms with Gasteiger partial charge in [0.25, 0.3) is 0 Å². The minimum atomic E-state index is -0.533. The first kappa shape index (κ1) is 17.0. The molecule has 1 rings (SSSR count). The van der Waals surface area contributed by atoms with Crippen molar-refractivity contribution < 1.29 is 5.11 Å². The quantitative estimate of drug-likeness (QED) is 0.728. The fourth-order valence-electron chi connectivity index (χ4n) is 3.36. The number of rotatable bonds is 7. The van der Waals surface area contributed by atoms with Crippen LogP contribution in [0.1, 0.15) is 79.6 Å². The summed E-state index contributed by atoms with van der Waals surface area (Å²) in [6, 6.07) is 0.618. The summed E-state index contributed by atoms with van der Waals surface area (Å²) in [6.45, 7) is 12.0. The van der Waals surface area contributed by atoms with Crippen LogP contribution in [-0.4, -0.2) is 23.3 Å². The topological polar surface area (TPSA) is 32.3 Å². The molecule has 1 aliphatic rings. The lowest BCUT2D eigenvalue weighted by Crippen LogP contribution is -2.44. The highest BCUT2D eigenvalue weighted by Crippen LogP contribution is 2.40. The molecule has 0 amide bonds. The van der Waals surface area contributed by atoms with E-state index in [0.29, 0.717) is 11.5 Å². The molecule has 0 bridgehead atoms. The average Bonchev–Trinajstić information content (AvgIpc) is 2.37. The number of nitrogens with one attached hydrogen (secondary N) is 1. The first-order valence-corrected chi connectivity index (χ1v) is 8.26. The van der Waals surface area contributed by atoms with Crippen LogP contribution in [0, 0.1) is 11.3 Å². The molecule has 1 saturated carbocycles. The van der Waals surface area contributed by atoms with Crippen molar-refractivity contribution in [1.82, 2.24) is 5.32 Å². The van der Waals surface area contributed by atoms with E-state index in [-0.39, 0.29) is 0 Å². The molecule has 2 heteroatoms. The van der Waals surface area contributed by atoms with Crippen molar-refractivity contribution in [3.8, 4) is 0 Å². The lowest BCUT2D eigenvalue weighted by molar-refractivity contribution is 0.0428. The third-order valence-electron chi connectivity index (χ3n) is 5.30. The van der Waals surface area contributed by atoms with E-state index in [4.69, 9.17) is 0 Å². The maximum Gasteiger partial charge on any atom is 0.0743 e. The van der Waals surface area contributed by atoms with Crippen LogP contribution >= 0.6 is 0 Å². The van der Waals surface area contributed by atoms with E-state index in [1.807, 2.05) is 6.92 Å². The minimum absolute atomic E-state index is 0.499. The van der Waals surface area contributed by atoms with Gasteiger partial charge in [0.1, 0.15) is 0 Å². The van der Waals surface area contributed by atoms with Crippen molar-refractivity contribution in [3.63, 3.8) is 0 Å². The van der Waals surface area contributed by atoms with Crippen molar-refractivity contribution in [2.45, 2.75) is 91.2 Å². The van der Waals surface area contributed by atoms with Crippen molar-refractivity contribution >= 4 is 0 Å². The zero-order valence-electron chi connectivity index (χ0n) is 13.8. The molecule has 0 saturated heterocycles. The number of hydrogen-bond acceptors (Lipinski definition) is 2. The van der Waals surface area contributed by atoms with Gasteiger partial charge in [-0.15, -0.1) is 0 Å². The Hall–Kier alpha value is -0.0800. The summed E-state index contributed by atoms with van der Waals surface area (Å²) in [6.07, 6.45) is 8.45. The second-order valence-corrected chi connectivity index (χ2v) is 7.52. The Morgan fingerprint density at radius 1 is 1.05 bits per heavy atom. The van der Waals surface area contributed by atoms with Gasteiger partial charge in [-0.3, -0.25) is 0 Å². The summed E-state index contributed by atoms with van der Waals surface area (Å²) in [5, 5.41) is 13.8. The van der Waals surface area contributed by atoms with Crippen LogP contribution in [0.2, 0.25) is 0 Å². The van der Waals surface area contributed by atoms with E-state index in [9.17, 15) is 5.11 Å². The van der Waals surface area contributed by atoms with Gasteiger partial charge in [-0.05, 0) is 50.4 Å². The van der Waals surface area contributed by atoms with Crippen molar-refractivity contribution in [1.29, 1.82) is 0 Å². The fraction of sp³-hybridized carbons (Fsp3) is 1.00. The molecular formula is C17H35NO. The average molecular weight is 269 g/mol. The monoisotopic (exact) mass is 269 g/mol. The lowest BCUT2D eigenvalue weighted by Gasteiger charge is -2.39. The van der Waals surface area contributed by atoms with Crippen LogP contribution in [0.25, 0.3) is 0 Å². The van der Waals surface area contributed by atoms with E-state index in [2.05, 4.69) is 33.0 Å². The summed E-state index contributed by atoms with van der Waals surface area (Å²) in [5.74, 6) is 0.881. The van der Waals surface area contributed by atoms with Gasteiger partial charge in [-0.25, -0.2) is 0 Å². The molecule has 1 aliphatic carbocycles. The summed E-state index contributed by atoms with van der Waals surface area (Å²) in [7, 11) is 0. The first-order valence-electron chi connectivity index (χ1n) is 8.26. The molecule has 1 fully saturated rings.